The second kappa shape index (κ2) is 31.2. The number of quaternary nitrogens is 1. The molecule has 0 aromatic heterocycles. The Balaban J connectivity index is 4.44. The number of esters is 2. The summed E-state index contributed by atoms with van der Waals surface area (Å²) in [6.07, 6.45) is 32.0. The Morgan fingerprint density at radius 1 is 0.667 bits per heavy atom. The summed E-state index contributed by atoms with van der Waals surface area (Å²) in [4.78, 5) is 35.1. The Kier molecular flexibility index (Phi) is 30.1. The molecule has 10 heteroatoms. The summed E-state index contributed by atoms with van der Waals surface area (Å²) in [6, 6.07) is 0. The maximum absolute atomic E-state index is 12.5. The van der Waals surface area contributed by atoms with Crippen LogP contribution in [0.1, 0.15) is 142 Å². The molecule has 1 N–H and O–H groups in total. The molecule has 1 unspecified atom stereocenters. The molecule has 280 valence electrons. The lowest BCUT2D eigenvalue weighted by molar-refractivity contribution is -0.870. The van der Waals surface area contributed by atoms with Gasteiger partial charge in [-0.25, -0.2) is 4.57 Å². The molecule has 0 aliphatic carbocycles. The topological polar surface area (TPSA) is 108 Å². The molecular weight excluding hydrogens is 629 g/mol. The molecular formula is C38H71NO8P+. The molecule has 0 aromatic rings. The molecule has 0 aliphatic rings. The standard InChI is InChI=1S/C38H70NO8P/c1-6-8-10-12-14-16-17-18-19-20-21-23-24-26-28-30-37(40)44-34-36(35-46-48(42,43)45-33-32-39(3,4)5)47-38(41)31-29-27-25-22-15-13-11-9-7-2/h8,10,14,16,18-19,36H,6-7,9,11-13,15,17,20-35H2,1-5H3/p+1/b10-8+,16-14+,19-18+/t36-/m0/s1. The average molecular weight is 701 g/mol. The van der Waals surface area contributed by atoms with Crippen LogP contribution in [0.5, 0.6) is 0 Å². The van der Waals surface area contributed by atoms with Gasteiger partial charge < -0.3 is 18.9 Å². The van der Waals surface area contributed by atoms with Crippen LogP contribution in [-0.4, -0.2) is 74.9 Å². The van der Waals surface area contributed by atoms with Crippen molar-refractivity contribution in [3.63, 3.8) is 0 Å². The quantitative estimate of drug-likeness (QED) is 0.0237. The first kappa shape index (κ1) is 46.2. The molecule has 0 radical (unpaired) electrons. The Hall–Kier alpha value is -1.77. The third kappa shape index (κ3) is 34.1. The number of allylic oxidation sites excluding steroid dienone is 6. The highest BCUT2D eigenvalue weighted by Gasteiger charge is 2.27. The smallest absolute Gasteiger partial charge is 0.462 e. The maximum atomic E-state index is 12.5. The van der Waals surface area contributed by atoms with Crippen LogP contribution in [0.3, 0.4) is 0 Å². The van der Waals surface area contributed by atoms with E-state index in [9.17, 15) is 19.0 Å². The van der Waals surface area contributed by atoms with E-state index in [-0.39, 0.29) is 32.0 Å². The molecule has 0 saturated carbocycles. The lowest BCUT2D eigenvalue weighted by atomic mass is 10.1. The summed E-state index contributed by atoms with van der Waals surface area (Å²) < 4.78 is 34.1. The Labute approximate surface area is 293 Å². The number of phosphoric ester groups is 1. The van der Waals surface area contributed by atoms with Crippen LogP contribution in [-0.2, 0) is 32.7 Å². The predicted molar refractivity (Wildman–Crippen MR) is 197 cm³/mol. The molecule has 48 heavy (non-hydrogen) atoms. The lowest BCUT2D eigenvalue weighted by Crippen LogP contribution is -2.37. The van der Waals surface area contributed by atoms with Crippen LogP contribution in [0.25, 0.3) is 0 Å². The van der Waals surface area contributed by atoms with Gasteiger partial charge in [0.05, 0.1) is 27.7 Å². The number of likely N-dealkylation sites (N-methyl/N-ethyl adjacent to an activating group) is 1. The van der Waals surface area contributed by atoms with Crippen molar-refractivity contribution in [3.05, 3.63) is 36.5 Å². The van der Waals surface area contributed by atoms with Gasteiger partial charge in [-0.3, -0.25) is 18.6 Å². The predicted octanol–water partition coefficient (Wildman–Crippen LogP) is 9.79. The highest BCUT2D eigenvalue weighted by Crippen LogP contribution is 2.43. The zero-order valence-corrected chi connectivity index (χ0v) is 32.1. The van der Waals surface area contributed by atoms with E-state index in [1.807, 2.05) is 21.1 Å². The van der Waals surface area contributed by atoms with Crippen LogP contribution in [0.4, 0.5) is 0 Å². The van der Waals surface area contributed by atoms with Crippen molar-refractivity contribution in [2.45, 2.75) is 148 Å². The van der Waals surface area contributed by atoms with Gasteiger partial charge in [0, 0.05) is 12.8 Å². The van der Waals surface area contributed by atoms with Crippen LogP contribution in [0.2, 0.25) is 0 Å². The van der Waals surface area contributed by atoms with Gasteiger partial charge in [-0.2, -0.15) is 0 Å². The zero-order chi connectivity index (χ0) is 35.8. The fraction of sp³-hybridized carbons (Fsp3) is 0.789. The number of rotatable bonds is 33. The Morgan fingerprint density at radius 3 is 1.77 bits per heavy atom. The summed E-state index contributed by atoms with van der Waals surface area (Å²) in [5, 5.41) is 0. The van der Waals surface area contributed by atoms with E-state index in [0.717, 1.165) is 77.0 Å². The minimum atomic E-state index is -4.36. The molecule has 0 rings (SSSR count). The highest BCUT2D eigenvalue weighted by atomic mass is 31.2. The molecule has 2 atom stereocenters. The van der Waals surface area contributed by atoms with Gasteiger partial charge in [-0.05, 0) is 44.9 Å². The molecule has 0 fully saturated rings. The molecule has 0 aromatic carbocycles. The first-order valence-corrected chi connectivity index (χ1v) is 20.2. The number of phosphoric acid groups is 1. The summed E-state index contributed by atoms with van der Waals surface area (Å²) in [5.74, 6) is -0.824. The number of carbonyl (C=O) groups excluding carboxylic acids is 2. The monoisotopic (exact) mass is 700 g/mol. The third-order valence-corrected chi connectivity index (χ3v) is 8.67. The first-order chi connectivity index (χ1) is 23.0. The van der Waals surface area contributed by atoms with Gasteiger partial charge in [0.1, 0.15) is 19.8 Å². The normalized spacial score (nSPS) is 14.2. The van der Waals surface area contributed by atoms with Crippen LogP contribution < -0.4 is 0 Å². The minimum Gasteiger partial charge on any atom is -0.462 e. The van der Waals surface area contributed by atoms with Crippen molar-refractivity contribution >= 4 is 19.8 Å². The molecule has 0 bridgehead atoms. The molecule has 0 aliphatic heterocycles. The second-order valence-electron chi connectivity index (χ2n) is 13.6. The third-order valence-electron chi connectivity index (χ3n) is 7.68. The fourth-order valence-corrected chi connectivity index (χ4v) is 5.47. The van der Waals surface area contributed by atoms with E-state index in [2.05, 4.69) is 50.3 Å². The van der Waals surface area contributed by atoms with Crippen molar-refractivity contribution in [1.29, 1.82) is 0 Å². The SMILES string of the molecule is CC/C=C/C/C=C/C/C=C/CCCCCCCC(=O)OC[C@@H](COP(=O)(O)OCC[N+](C)(C)C)OC(=O)CCCCCCCCCCC. The summed E-state index contributed by atoms with van der Waals surface area (Å²) >= 11 is 0. The molecule has 0 heterocycles. The number of hydrogen-bond acceptors (Lipinski definition) is 7. The number of ether oxygens (including phenoxy) is 2. The van der Waals surface area contributed by atoms with Crippen molar-refractivity contribution in [2.75, 3.05) is 47.5 Å². The molecule has 0 saturated heterocycles. The number of hydrogen-bond donors (Lipinski definition) is 1. The van der Waals surface area contributed by atoms with Gasteiger partial charge in [0.15, 0.2) is 6.10 Å². The van der Waals surface area contributed by atoms with E-state index < -0.39 is 26.5 Å². The van der Waals surface area contributed by atoms with Gasteiger partial charge in [-0.15, -0.1) is 0 Å². The maximum Gasteiger partial charge on any atom is 0.472 e. The van der Waals surface area contributed by atoms with Crippen molar-refractivity contribution in [2.24, 2.45) is 0 Å². The largest absolute Gasteiger partial charge is 0.472 e. The van der Waals surface area contributed by atoms with Crippen LogP contribution in [0.15, 0.2) is 36.5 Å². The minimum absolute atomic E-state index is 0.0288. The first-order valence-electron chi connectivity index (χ1n) is 18.7. The summed E-state index contributed by atoms with van der Waals surface area (Å²) in [5.41, 5.74) is 0. The highest BCUT2D eigenvalue weighted by molar-refractivity contribution is 7.47. The van der Waals surface area contributed by atoms with Gasteiger partial charge in [-0.1, -0.05) is 121 Å². The van der Waals surface area contributed by atoms with Gasteiger partial charge in [0.25, 0.3) is 0 Å². The van der Waals surface area contributed by atoms with Crippen molar-refractivity contribution in [1.82, 2.24) is 0 Å². The van der Waals surface area contributed by atoms with Crippen LogP contribution in [0, 0.1) is 0 Å². The lowest BCUT2D eigenvalue weighted by Gasteiger charge is -2.24. The number of carbonyl (C=O) groups is 2. The Morgan fingerprint density at radius 2 is 1.19 bits per heavy atom. The van der Waals surface area contributed by atoms with Crippen molar-refractivity contribution < 1.29 is 42.1 Å². The summed E-state index contributed by atoms with van der Waals surface area (Å²) in [6.45, 7) is 4.24. The average Bonchev–Trinajstić information content (AvgIpc) is 3.02. The molecule has 9 nitrogen and oxygen atoms in total. The number of unbranched alkanes of at least 4 members (excludes halogenated alkanes) is 13. The Bertz CT molecular complexity index is 928. The van der Waals surface area contributed by atoms with E-state index in [0.29, 0.717) is 17.4 Å². The summed E-state index contributed by atoms with van der Waals surface area (Å²) in [7, 11) is 1.46. The molecule has 0 spiro atoms. The number of nitrogens with zero attached hydrogens (tertiary/aromatic N) is 1. The van der Waals surface area contributed by atoms with Gasteiger partial charge in [0.2, 0.25) is 0 Å². The van der Waals surface area contributed by atoms with Crippen molar-refractivity contribution in [3.8, 4) is 0 Å². The molecule has 0 amide bonds. The zero-order valence-electron chi connectivity index (χ0n) is 31.2. The fourth-order valence-electron chi connectivity index (χ4n) is 4.73. The second-order valence-corrected chi connectivity index (χ2v) is 15.0. The van der Waals surface area contributed by atoms with E-state index in [4.69, 9.17) is 18.5 Å². The van der Waals surface area contributed by atoms with Gasteiger partial charge >= 0.3 is 19.8 Å². The van der Waals surface area contributed by atoms with E-state index in [1.165, 1.54) is 32.1 Å². The van der Waals surface area contributed by atoms with Crippen LogP contribution >= 0.6 is 7.82 Å². The van der Waals surface area contributed by atoms with E-state index in [1.54, 1.807) is 0 Å². The van der Waals surface area contributed by atoms with E-state index >= 15 is 0 Å².